The number of fused-ring (bicyclic) bond motifs is 1. The molecule has 2 amide bonds. The summed E-state index contributed by atoms with van der Waals surface area (Å²) in [5.41, 5.74) is 5.21. The molecule has 3 aromatic rings. The summed E-state index contributed by atoms with van der Waals surface area (Å²) in [7, 11) is 5.76. The van der Waals surface area contributed by atoms with E-state index in [0.29, 0.717) is 25.1 Å². The zero-order chi connectivity index (χ0) is 24.2. The highest BCUT2D eigenvalue weighted by Crippen LogP contribution is 2.30. The van der Waals surface area contributed by atoms with Gasteiger partial charge in [0.2, 0.25) is 5.91 Å². The van der Waals surface area contributed by atoms with Crippen molar-refractivity contribution in [3.8, 4) is 16.9 Å². The number of hydrogen-bond acceptors (Lipinski definition) is 5. The van der Waals surface area contributed by atoms with Crippen molar-refractivity contribution in [2.75, 3.05) is 46.2 Å². The summed E-state index contributed by atoms with van der Waals surface area (Å²) >= 11 is 0. The van der Waals surface area contributed by atoms with E-state index in [1.165, 1.54) is 0 Å². The minimum absolute atomic E-state index is 0.0378. The first-order chi connectivity index (χ1) is 16.3. The van der Waals surface area contributed by atoms with Crippen molar-refractivity contribution in [1.82, 2.24) is 20.0 Å². The number of carbonyl (C=O) groups is 2. The second kappa shape index (κ2) is 10.1. The summed E-state index contributed by atoms with van der Waals surface area (Å²) in [6.07, 6.45) is 2.38. The summed E-state index contributed by atoms with van der Waals surface area (Å²) in [4.78, 5) is 29.5. The molecule has 1 aliphatic rings. The fourth-order valence-corrected chi connectivity index (χ4v) is 4.00. The number of nitrogens with zero attached hydrogens (tertiary/aromatic N) is 3. The Balaban J connectivity index is 1.40. The molecule has 0 saturated carbocycles. The fraction of sp³-hybridized carbons (Fsp3) is 0.346. The summed E-state index contributed by atoms with van der Waals surface area (Å²) in [6.45, 7) is 3.69. The zero-order valence-electron chi connectivity index (χ0n) is 20.1. The Hall–Kier alpha value is -3.65. The van der Waals surface area contributed by atoms with Crippen LogP contribution >= 0.6 is 0 Å². The van der Waals surface area contributed by atoms with Gasteiger partial charge in [0, 0.05) is 43.1 Å². The van der Waals surface area contributed by atoms with Gasteiger partial charge in [0.25, 0.3) is 5.91 Å². The van der Waals surface area contributed by atoms with Crippen LogP contribution in [0.25, 0.3) is 11.1 Å². The van der Waals surface area contributed by atoms with Gasteiger partial charge in [0.05, 0.1) is 11.6 Å². The molecule has 0 aliphatic carbocycles. The highest BCUT2D eigenvalue weighted by molar-refractivity contribution is 5.95. The highest BCUT2D eigenvalue weighted by atomic mass is 16.5. The smallest absolute Gasteiger partial charge is 0.253 e. The molecule has 8 heteroatoms. The number of aromatic amines is 1. The van der Waals surface area contributed by atoms with E-state index in [0.717, 1.165) is 40.4 Å². The first-order valence-corrected chi connectivity index (χ1v) is 11.4. The van der Waals surface area contributed by atoms with E-state index in [9.17, 15) is 9.59 Å². The topological polar surface area (TPSA) is 90.6 Å². The van der Waals surface area contributed by atoms with Crippen LogP contribution in [-0.2, 0) is 11.2 Å². The van der Waals surface area contributed by atoms with Gasteiger partial charge >= 0.3 is 0 Å². The SMILES string of the molecule is Cc1n[nH]cc1-c1ccc(NC(=O)C2COc3ccc(C(=O)N(C)CCN(C)C)cc3C2)cc1. The highest BCUT2D eigenvalue weighted by Gasteiger charge is 2.27. The quantitative estimate of drug-likeness (QED) is 0.564. The Bertz CT molecular complexity index is 1170. The van der Waals surface area contributed by atoms with Crippen LogP contribution in [0.1, 0.15) is 21.6 Å². The third kappa shape index (κ3) is 5.28. The van der Waals surface area contributed by atoms with Gasteiger partial charge in [-0.15, -0.1) is 0 Å². The van der Waals surface area contributed by atoms with Gasteiger partial charge in [0.15, 0.2) is 0 Å². The van der Waals surface area contributed by atoms with Gasteiger partial charge in [-0.25, -0.2) is 0 Å². The average Bonchev–Trinajstić information content (AvgIpc) is 3.27. The largest absolute Gasteiger partial charge is 0.492 e. The van der Waals surface area contributed by atoms with Crippen molar-refractivity contribution in [2.24, 2.45) is 5.92 Å². The van der Waals surface area contributed by atoms with Gasteiger partial charge < -0.3 is 19.9 Å². The van der Waals surface area contributed by atoms with Gasteiger partial charge in [-0.3, -0.25) is 14.7 Å². The summed E-state index contributed by atoms with van der Waals surface area (Å²) < 4.78 is 5.85. The average molecular weight is 462 g/mol. The number of benzene rings is 2. The number of aromatic nitrogens is 2. The molecule has 0 spiro atoms. The van der Waals surface area contributed by atoms with E-state index < -0.39 is 0 Å². The predicted molar refractivity (Wildman–Crippen MR) is 132 cm³/mol. The second-order valence-electron chi connectivity index (χ2n) is 9.02. The van der Waals surface area contributed by atoms with Crippen LogP contribution in [0.2, 0.25) is 0 Å². The predicted octanol–water partition coefficient (Wildman–Crippen LogP) is 3.21. The van der Waals surface area contributed by atoms with Crippen LogP contribution in [0.3, 0.4) is 0 Å². The first kappa shape index (κ1) is 23.5. The van der Waals surface area contributed by atoms with Gasteiger partial charge in [-0.2, -0.15) is 5.10 Å². The van der Waals surface area contributed by atoms with E-state index >= 15 is 0 Å². The first-order valence-electron chi connectivity index (χ1n) is 11.4. The number of rotatable bonds is 7. The number of anilines is 1. The third-order valence-corrected chi connectivity index (χ3v) is 6.11. The van der Waals surface area contributed by atoms with Crippen LogP contribution in [0.15, 0.2) is 48.7 Å². The molecule has 8 nitrogen and oxygen atoms in total. The Kier molecular flexibility index (Phi) is 6.98. The molecule has 1 aliphatic heterocycles. The molecular formula is C26H31N5O3. The molecule has 2 heterocycles. The number of amides is 2. The van der Waals surface area contributed by atoms with E-state index in [1.807, 2.05) is 68.5 Å². The Morgan fingerprint density at radius 2 is 1.88 bits per heavy atom. The molecule has 0 bridgehead atoms. The fourth-order valence-electron chi connectivity index (χ4n) is 4.00. The maximum absolute atomic E-state index is 12.9. The second-order valence-corrected chi connectivity index (χ2v) is 9.02. The van der Waals surface area contributed by atoms with Crippen molar-refractivity contribution in [3.63, 3.8) is 0 Å². The van der Waals surface area contributed by atoms with Gasteiger partial charge in [-0.1, -0.05) is 12.1 Å². The number of carbonyl (C=O) groups excluding carboxylic acids is 2. The third-order valence-electron chi connectivity index (χ3n) is 6.11. The summed E-state index contributed by atoms with van der Waals surface area (Å²) in [5.74, 6) is 0.262. The zero-order valence-corrected chi connectivity index (χ0v) is 20.1. The van der Waals surface area contributed by atoms with E-state index in [-0.39, 0.29) is 17.7 Å². The lowest BCUT2D eigenvalue weighted by molar-refractivity contribution is -0.121. The summed E-state index contributed by atoms with van der Waals surface area (Å²) in [5, 5.41) is 10.0. The maximum atomic E-state index is 12.9. The number of ether oxygens (including phenoxy) is 1. The molecule has 1 aromatic heterocycles. The lowest BCUT2D eigenvalue weighted by Crippen LogP contribution is -2.34. The molecular weight excluding hydrogens is 430 g/mol. The van der Waals surface area contributed by atoms with Crippen molar-refractivity contribution >= 4 is 17.5 Å². The van der Waals surface area contributed by atoms with Gasteiger partial charge in [0.1, 0.15) is 12.4 Å². The van der Waals surface area contributed by atoms with Crippen LogP contribution in [0.5, 0.6) is 5.75 Å². The lowest BCUT2D eigenvalue weighted by atomic mass is 9.94. The molecule has 0 saturated heterocycles. The molecule has 178 valence electrons. The van der Waals surface area contributed by atoms with Crippen LogP contribution in [0, 0.1) is 12.8 Å². The molecule has 0 fully saturated rings. The number of aryl methyl sites for hydroxylation is 1. The van der Waals surface area contributed by atoms with Gasteiger partial charge in [-0.05, 0) is 68.9 Å². The normalized spacial score (nSPS) is 14.9. The summed E-state index contributed by atoms with van der Waals surface area (Å²) in [6, 6.07) is 13.2. The molecule has 2 N–H and O–H groups in total. The van der Waals surface area contributed by atoms with Crippen LogP contribution < -0.4 is 10.1 Å². The molecule has 34 heavy (non-hydrogen) atoms. The molecule has 1 unspecified atom stereocenters. The number of likely N-dealkylation sites (N-methyl/N-ethyl adjacent to an activating group) is 2. The van der Waals surface area contributed by atoms with Crippen molar-refractivity contribution < 1.29 is 14.3 Å². The van der Waals surface area contributed by atoms with Crippen LogP contribution in [-0.4, -0.2) is 72.7 Å². The van der Waals surface area contributed by atoms with Crippen molar-refractivity contribution in [2.45, 2.75) is 13.3 Å². The van der Waals surface area contributed by atoms with Crippen LogP contribution in [0.4, 0.5) is 5.69 Å². The molecule has 4 rings (SSSR count). The molecule has 1 atom stereocenters. The molecule has 0 radical (unpaired) electrons. The van der Waals surface area contributed by atoms with E-state index in [1.54, 1.807) is 18.0 Å². The monoisotopic (exact) mass is 461 g/mol. The minimum atomic E-state index is -0.333. The van der Waals surface area contributed by atoms with E-state index in [4.69, 9.17) is 4.74 Å². The standard InChI is InChI=1S/C26H31N5O3/c1-17-23(15-27-29-17)18-5-8-22(9-6-18)28-25(32)21-14-20-13-19(7-10-24(20)34-16-21)26(33)31(4)12-11-30(2)3/h5-10,13,15,21H,11-12,14,16H2,1-4H3,(H,27,29)(H,28,32). The van der Waals surface area contributed by atoms with E-state index in [2.05, 4.69) is 15.5 Å². The number of hydrogen-bond donors (Lipinski definition) is 2. The Morgan fingerprint density at radius 1 is 1.12 bits per heavy atom. The molecule has 2 aromatic carbocycles. The lowest BCUT2D eigenvalue weighted by Gasteiger charge is -2.26. The maximum Gasteiger partial charge on any atom is 0.253 e. The minimum Gasteiger partial charge on any atom is -0.492 e. The Morgan fingerprint density at radius 3 is 2.56 bits per heavy atom. The van der Waals surface area contributed by atoms with Crippen molar-refractivity contribution in [3.05, 3.63) is 65.5 Å². The van der Waals surface area contributed by atoms with Crippen molar-refractivity contribution in [1.29, 1.82) is 0 Å². The Labute approximate surface area is 199 Å². The number of nitrogens with one attached hydrogen (secondary N) is 2. The number of H-pyrrole nitrogens is 1.